The second-order valence-electron chi connectivity index (χ2n) is 2.67. The maximum atomic E-state index is 10.9. The largest absolute Gasteiger partial charge is 0.324 e. The van der Waals surface area contributed by atoms with Crippen LogP contribution in [0.25, 0.3) is 0 Å². The SMILES string of the molecule is Cc1ccc(NC(=O)CCl)c(Cl)c1. The number of anilines is 1. The first-order valence-electron chi connectivity index (χ1n) is 3.75. The summed E-state index contributed by atoms with van der Waals surface area (Å²) in [5.74, 6) is -0.322. The van der Waals surface area contributed by atoms with E-state index in [9.17, 15) is 4.79 Å². The third-order valence-corrected chi connectivity index (χ3v) is 2.08. The molecule has 0 bridgehead atoms. The molecular weight excluding hydrogens is 209 g/mol. The molecule has 1 rings (SSSR count). The quantitative estimate of drug-likeness (QED) is 0.759. The number of benzene rings is 1. The molecule has 4 heteroatoms. The number of aryl methyl sites for hydroxylation is 1. The van der Waals surface area contributed by atoms with E-state index in [0.29, 0.717) is 10.7 Å². The maximum absolute atomic E-state index is 10.9. The number of halogens is 2. The Morgan fingerprint density at radius 2 is 2.23 bits per heavy atom. The van der Waals surface area contributed by atoms with E-state index in [1.165, 1.54) is 0 Å². The van der Waals surface area contributed by atoms with Crippen LogP contribution in [0.1, 0.15) is 5.56 Å². The van der Waals surface area contributed by atoms with Gasteiger partial charge >= 0.3 is 0 Å². The van der Waals surface area contributed by atoms with Crippen LogP contribution in [0.4, 0.5) is 5.69 Å². The molecular formula is C9H9Cl2NO. The van der Waals surface area contributed by atoms with E-state index in [-0.39, 0.29) is 11.8 Å². The van der Waals surface area contributed by atoms with Gasteiger partial charge in [0.05, 0.1) is 10.7 Å². The van der Waals surface area contributed by atoms with Crippen molar-refractivity contribution in [2.45, 2.75) is 6.92 Å². The summed E-state index contributed by atoms with van der Waals surface area (Å²) in [6.07, 6.45) is 0. The van der Waals surface area contributed by atoms with Gasteiger partial charge in [-0.25, -0.2) is 0 Å². The van der Waals surface area contributed by atoms with Crippen LogP contribution in [0.3, 0.4) is 0 Å². The Balaban J connectivity index is 2.83. The van der Waals surface area contributed by atoms with Crippen LogP contribution < -0.4 is 5.32 Å². The fourth-order valence-electron chi connectivity index (χ4n) is 0.905. The van der Waals surface area contributed by atoms with E-state index in [2.05, 4.69) is 5.32 Å². The van der Waals surface area contributed by atoms with Crippen molar-refractivity contribution < 1.29 is 4.79 Å². The van der Waals surface area contributed by atoms with Gasteiger partial charge in [-0.05, 0) is 24.6 Å². The van der Waals surface area contributed by atoms with Gasteiger partial charge in [-0.2, -0.15) is 0 Å². The molecule has 1 aromatic carbocycles. The molecule has 0 radical (unpaired) electrons. The highest BCUT2D eigenvalue weighted by atomic mass is 35.5. The number of hydrogen-bond donors (Lipinski definition) is 1. The topological polar surface area (TPSA) is 29.1 Å². The Labute approximate surface area is 86.8 Å². The first-order chi connectivity index (χ1) is 6.13. The summed E-state index contributed by atoms with van der Waals surface area (Å²) < 4.78 is 0. The lowest BCUT2D eigenvalue weighted by atomic mass is 10.2. The molecule has 0 heterocycles. The average Bonchev–Trinajstić information content (AvgIpc) is 2.09. The van der Waals surface area contributed by atoms with Crippen LogP contribution in [0.2, 0.25) is 5.02 Å². The molecule has 0 saturated heterocycles. The number of carbonyl (C=O) groups excluding carboxylic acids is 1. The Morgan fingerprint density at radius 3 is 2.77 bits per heavy atom. The summed E-state index contributed by atoms with van der Waals surface area (Å²) in [6, 6.07) is 5.41. The lowest BCUT2D eigenvalue weighted by molar-refractivity contribution is -0.113. The standard InChI is InChI=1S/C9H9Cl2NO/c1-6-2-3-8(7(11)4-6)12-9(13)5-10/h2-4H,5H2,1H3,(H,12,13). The zero-order valence-corrected chi connectivity index (χ0v) is 8.62. The molecule has 0 fully saturated rings. The highest BCUT2D eigenvalue weighted by Crippen LogP contribution is 2.22. The minimum absolute atomic E-state index is 0.0653. The third-order valence-electron chi connectivity index (χ3n) is 1.52. The van der Waals surface area contributed by atoms with E-state index >= 15 is 0 Å². The molecule has 1 aromatic rings. The molecule has 70 valence electrons. The number of amides is 1. The van der Waals surface area contributed by atoms with Gasteiger partial charge in [0.25, 0.3) is 0 Å². The van der Waals surface area contributed by atoms with Gasteiger partial charge in [0.1, 0.15) is 5.88 Å². The fraction of sp³-hybridized carbons (Fsp3) is 0.222. The van der Waals surface area contributed by atoms with Crippen LogP contribution in [0.15, 0.2) is 18.2 Å². The summed E-state index contributed by atoms with van der Waals surface area (Å²) in [7, 11) is 0. The van der Waals surface area contributed by atoms with Gasteiger partial charge in [-0.15, -0.1) is 11.6 Å². The molecule has 0 spiro atoms. The molecule has 0 aliphatic carbocycles. The maximum Gasteiger partial charge on any atom is 0.239 e. The van der Waals surface area contributed by atoms with Crippen molar-refractivity contribution in [3.63, 3.8) is 0 Å². The van der Waals surface area contributed by atoms with Crippen LogP contribution in [0, 0.1) is 6.92 Å². The number of nitrogens with one attached hydrogen (secondary N) is 1. The van der Waals surface area contributed by atoms with E-state index in [0.717, 1.165) is 5.56 Å². The van der Waals surface area contributed by atoms with E-state index in [4.69, 9.17) is 23.2 Å². The zero-order chi connectivity index (χ0) is 9.84. The first-order valence-corrected chi connectivity index (χ1v) is 4.66. The van der Waals surface area contributed by atoms with Crippen LogP contribution in [-0.2, 0) is 4.79 Å². The zero-order valence-electron chi connectivity index (χ0n) is 7.10. The number of carbonyl (C=O) groups is 1. The van der Waals surface area contributed by atoms with Gasteiger partial charge in [0.15, 0.2) is 0 Å². The number of alkyl halides is 1. The highest BCUT2D eigenvalue weighted by Gasteiger charge is 2.03. The van der Waals surface area contributed by atoms with Crippen molar-refractivity contribution in [2.24, 2.45) is 0 Å². The lowest BCUT2D eigenvalue weighted by Crippen LogP contribution is -2.12. The molecule has 2 nitrogen and oxygen atoms in total. The smallest absolute Gasteiger partial charge is 0.239 e. The third kappa shape index (κ3) is 2.90. The van der Waals surface area contributed by atoms with Gasteiger partial charge < -0.3 is 5.32 Å². The summed E-state index contributed by atoms with van der Waals surface area (Å²) >= 11 is 11.2. The van der Waals surface area contributed by atoms with Crippen molar-refractivity contribution >= 4 is 34.8 Å². The predicted molar refractivity (Wildman–Crippen MR) is 55.5 cm³/mol. The van der Waals surface area contributed by atoms with Crippen molar-refractivity contribution in [3.05, 3.63) is 28.8 Å². The lowest BCUT2D eigenvalue weighted by Gasteiger charge is -2.05. The minimum Gasteiger partial charge on any atom is -0.324 e. The van der Waals surface area contributed by atoms with E-state index < -0.39 is 0 Å². The molecule has 0 atom stereocenters. The van der Waals surface area contributed by atoms with Crippen molar-refractivity contribution in [1.29, 1.82) is 0 Å². The number of hydrogen-bond acceptors (Lipinski definition) is 1. The van der Waals surface area contributed by atoms with Crippen LogP contribution in [-0.4, -0.2) is 11.8 Å². The Bertz CT molecular complexity index is 325. The molecule has 0 unspecified atom stereocenters. The highest BCUT2D eigenvalue weighted by molar-refractivity contribution is 6.34. The molecule has 0 aliphatic rings. The average molecular weight is 218 g/mol. The Kier molecular flexibility index (Phi) is 3.58. The van der Waals surface area contributed by atoms with Gasteiger partial charge in [0, 0.05) is 0 Å². The summed E-state index contributed by atoms with van der Waals surface area (Å²) in [5, 5.41) is 3.11. The molecule has 13 heavy (non-hydrogen) atoms. The second-order valence-corrected chi connectivity index (χ2v) is 3.34. The molecule has 1 N–H and O–H groups in total. The summed E-state index contributed by atoms with van der Waals surface area (Å²) in [5.41, 5.74) is 1.65. The monoisotopic (exact) mass is 217 g/mol. The molecule has 0 aliphatic heterocycles. The first kappa shape index (κ1) is 10.4. The van der Waals surface area contributed by atoms with Crippen LogP contribution in [0.5, 0.6) is 0 Å². The number of rotatable bonds is 2. The minimum atomic E-state index is -0.257. The molecule has 1 amide bonds. The van der Waals surface area contributed by atoms with Gasteiger partial charge in [-0.1, -0.05) is 17.7 Å². The predicted octanol–water partition coefficient (Wildman–Crippen LogP) is 2.83. The van der Waals surface area contributed by atoms with Crippen LogP contribution >= 0.6 is 23.2 Å². The Hall–Kier alpha value is -0.730. The normalized spacial score (nSPS) is 9.77. The molecule has 0 saturated carbocycles. The summed E-state index contributed by atoms with van der Waals surface area (Å²) in [4.78, 5) is 10.9. The van der Waals surface area contributed by atoms with E-state index in [1.807, 2.05) is 13.0 Å². The van der Waals surface area contributed by atoms with E-state index in [1.54, 1.807) is 12.1 Å². The van der Waals surface area contributed by atoms with Crippen molar-refractivity contribution in [1.82, 2.24) is 0 Å². The second kappa shape index (κ2) is 4.49. The Morgan fingerprint density at radius 1 is 1.54 bits per heavy atom. The van der Waals surface area contributed by atoms with Crippen molar-refractivity contribution in [3.8, 4) is 0 Å². The van der Waals surface area contributed by atoms with Gasteiger partial charge in [-0.3, -0.25) is 4.79 Å². The fourth-order valence-corrected chi connectivity index (χ4v) is 1.25. The van der Waals surface area contributed by atoms with Crippen molar-refractivity contribution in [2.75, 3.05) is 11.2 Å². The van der Waals surface area contributed by atoms with Gasteiger partial charge in [0.2, 0.25) is 5.91 Å². The summed E-state index contributed by atoms with van der Waals surface area (Å²) in [6.45, 7) is 1.93. The molecule has 0 aromatic heterocycles.